The number of nitrogens with one attached hydrogen (secondary N) is 2. The third-order valence-electron chi connectivity index (χ3n) is 4.27. The van der Waals surface area contributed by atoms with Crippen LogP contribution in [0.2, 0.25) is 0 Å². The summed E-state index contributed by atoms with van der Waals surface area (Å²) in [5.74, 6) is 1.00. The van der Waals surface area contributed by atoms with E-state index in [9.17, 15) is 9.59 Å². The van der Waals surface area contributed by atoms with Gasteiger partial charge in [0.05, 0.1) is 25.4 Å². The lowest BCUT2D eigenvalue weighted by Crippen LogP contribution is -2.30. The maximum Gasteiger partial charge on any atom is 0.252 e. The first kappa shape index (κ1) is 24.0. The Bertz CT molecular complexity index is 841. The minimum Gasteiger partial charge on any atom is -0.490 e. The van der Waals surface area contributed by atoms with Crippen molar-refractivity contribution in [3.8, 4) is 17.2 Å². The van der Waals surface area contributed by atoms with Gasteiger partial charge in [0.2, 0.25) is 5.75 Å². The molecular formula is C23H31N3O5. The third kappa shape index (κ3) is 7.16. The van der Waals surface area contributed by atoms with Crippen LogP contribution in [0.1, 0.15) is 53.6 Å². The predicted molar refractivity (Wildman–Crippen MR) is 118 cm³/mol. The van der Waals surface area contributed by atoms with Gasteiger partial charge in [-0.15, -0.1) is 0 Å². The summed E-state index contributed by atoms with van der Waals surface area (Å²) in [6.45, 7) is 9.64. The van der Waals surface area contributed by atoms with Crippen molar-refractivity contribution >= 4 is 11.8 Å². The molecule has 0 saturated carbocycles. The lowest BCUT2D eigenvalue weighted by Gasteiger charge is -2.17. The van der Waals surface area contributed by atoms with Crippen LogP contribution in [0.25, 0.3) is 0 Å². The molecule has 2 aromatic rings. The Morgan fingerprint density at radius 2 is 1.39 bits per heavy atom. The molecule has 2 N–H and O–H groups in total. The van der Waals surface area contributed by atoms with Crippen molar-refractivity contribution in [3.05, 3.63) is 47.3 Å². The van der Waals surface area contributed by atoms with E-state index in [0.29, 0.717) is 67.7 Å². The number of rotatable bonds is 12. The molecule has 2 amide bonds. The topological polar surface area (TPSA) is 98.8 Å². The molecule has 1 heterocycles. The maximum atomic E-state index is 12.6. The Kier molecular flexibility index (Phi) is 9.61. The van der Waals surface area contributed by atoms with E-state index in [1.54, 1.807) is 30.5 Å². The number of carbonyl (C=O) groups is 2. The number of aryl methyl sites for hydroxylation is 1. The quantitative estimate of drug-likeness (QED) is 0.503. The van der Waals surface area contributed by atoms with Gasteiger partial charge in [0.15, 0.2) is 11.5 Å². The van der Waals surface area contributed by atoms with Crippen LogP contribution in [0.4, 0.5) is 0 Å². The number of amides is 2. The lowest BCUT2D eigenvalue weighted by atomic mass is 10.1. The van der Waals surface area contributed by atoms with Crippen LogP contribution in [0.5, 0.6) is 17.2 Å². The SMILES string of the molecule is CCOc1cc(C(=O)NCCCNC(=O)c2ccc(C)nc2)cc(OCC)c1OCC. The van der Waals surface area contributed by atoms with E-state index in [1.807, 2.05) is 27.7 Å². The van der Waals surface area contributed by atoms with Gasteiger partial charge in [0, 0.05) is 30.5 Å². The fourth-order valence-electron chi connectivity index (χ4n) is 2.82. The van der Waals surface area contributed by atoms with Crippen molar-refractivity contribution in [2.24, 2.45) is 0 Å². The molecule has 8 nitrogen and oxygen atoms in total. The van der Waals surface area contributed by atoms with E-state index in [2.05, 4.69) is 15.6 Å². The van der Waals surface area contributed by atoms with Gasteiger partial charge in [0.25, 0.3) is 11.8 Å². The highest BCUT2D eigenvalue weighted by atomic mass is 16.5. The summed E-state index contributed by atoms with van der Waals surface area (Å²) in [5, 5.41) is 5.67. The largest absolute Gasteiger partial charge is 0.490 e. The number of nitrogens with zero attached hydrogens (tertiary/aromatic N) is 1. The molecule has 8 heteroatoms. The number of hydrogen-bond acceptors (Lipinski definition) is 6. The molecule has 0 spiro atoms. The highest BCUT2D eigenvalue weighted by Gasteiger charge is 2.18. The first-order chi connectivity index (χ1) is 15.0. The van der Waals surface area contributed by atoms with Crippen molar-refractivity contribution in [3.63, 3.8) is 0 Å². The summed E-state index contributed by atoms with van der Waals surface area (Å²) in [5.41, 5.74) is 1.79. The summed E-state index contributed by atoms with van der Waals surface area (Å²) in [6.07, 6.45) is 2.13. The summed E-state index contributed by atoms with van der Waals surface area (Å²) < 4.78 is 17.0. The average Bonchev–Trinajstić information content (AvgIpc) is 2.76. The van der Waals surface area contributed by atoms with E-state index in [4.69, 9.17) is 14.2 Å². The first-order valence-electron chi connectivity index (χ1n) is 10.6. The van der Waals surface area contributed by atoms with E-state index in [0.717, 1.165) is 5.69 Å². The first-order valence-corrected chi connectivity index (χ1v) is 10.6. The highest BCUT2D eigenvalue weighted by Crippen LogP contribution is 2.39. The fourth-order valence-corrected chi connectivity index (χ4v) is 2.82. The molecule has 0 aliphatic heterocycles. The Morgan fingerprint density at radius 3 is 1.87 bits per heavy atom. The van der Waals surface area contributed by atoms with Gasteiger partial charge in [-0.1, -0.05) is 0 Å². The molecular weight excluding hydrogens is 398 g/mol. The van der Waals surface area contributed by atoms with Gasteiger partial charge < -0.3 is 24.8 Å². The number of carbonyl (C=O) groups excluding carboxylic acids is 2. The minimum absolute atomic E-state index is 0.187. The van der Waals surface area contributed by atoms with Gasteiger partial charge >= 0.3 is 0 Å². The number of pyridine rings is 1. The van der Waals surface area contributed by atoms with Crippen molar-refractivity contribution in [2.75, 3.05) is 32.9 Å². The van der Waals surface area contributed by atoms with Crippen LogP contribution in [0.3, 0.4) is 0 Å². The van der Waals surface area contributed by atoms with Gasteiger partial charge in [-0.3, -0.25) is 14.6 Å². The van der Waals surface area contributed by atoms with Crippen molar-refractivity contribution < 1.29 is 23.8 Å². The van der Waals surface area contributed by atoms with Crippen molar-refractivity contribution in [2.45, 2.75) is 34.1 Å². The summed E-state index contributed by atoms with van der Waals surface area (Å²) in [7, 11) is 0. The average molecular weight is 430 g/mol. The molecule has 0 unspecified atom stereocenters. The van der Waals surface area contributed by atoms with Crippen LogP contribution < -0.4 is 24.8 Å². The Balaban J connectivity index is 1.92. The molecule has 0 radical (unpaired) electrons. The second-order valence-corrected chi connectivity index (χ2v) is 6.65. The zero-order chi connectivity index (χ0) is 22.6. The van der Waals surface area contributed by atoms with Gasteiger partial charge in [-0.05, 0) is 58.4 Å². The van der Waals surface area contributed by atoms with Crippen molar-refractivity contribution in [1.82, 2.24) is 15.6 Å². The molecule has 0 fully saturated rings. The van der Waals surface area contributed by atoms with Crippen LogP contribution in [-0.4, -0.2) is 49.7 Å². The smallest absolute Gasteiger partial charge is 0.252 e. The van der Waals surface area contributed by atoms with Gasteiger partial charge in [-0.25, -0.2) is 0 Å². The molecule has 2 rings (SSSR count). The van der Waals surface area contributed by atoms with Crippen LogP contribution >= 0.6 is 0 Å². The normalized spacial score (nSPS) is 10.3. The van der Waals surface area contributed by atoms with Crippen molar-refractivity contribution in [1.29, 1.82) is 0 Å². The second-order valence-electron chi connectivity index (χ2n) is 6.65. The number of benzene rings is 1. The van der Waals surface area contributed by atoms with Crippen LogP contribution in [-0.2, 0) is 0 Å². The molecule has 1 aromatic heterocycles. The third-order valence-corrected chi connectivity index (χ3v) is 4.27. The maximum absolute atomic E-state index is 12.6. The molecule has 0 aliphatic rings. The van der Waals surface area contributed by atoms with E-state index in [-0.39, 0.29) is 11.8 Å². The zero-order valence-electron chi connectivity index (χ0n) is 18.6. The predicted octanol–water partition coefficient (Wildman–Crippen LogP) is 3.14. The number of hydrogen-bond donors (Lipinski definition) is 2. The van der Waals surface area contributed by atoms with E-state index < -0.39 is 0 Å². The van der Waals surface area contributed by atoms with Crippen LogP contribution in [0, 0.1) is 6.92 Å². The highest BCUT2D eigenvalue weighted by molar-refractivity contribution is 5.95. The van der Waals surface area contributed by atoms with Gasteiger partial charge in [-0.2, -0.15) is 0 Å². The standard InChI is InChI=1S/C23H31N3O5/c1-5-29-19-13-18(14-20(30-6-2)21(19)31-7-3)23(28)25-12-8-11-24-22(27)17-10-9-16(4)26-15-17/h9-10,13-15H,5-8,11-12H2,1-4H3,(H,24,27)(H,25,28). The molecule has 0 aliphatic carbocycles. The summed E-state index contributed by atoms with van der Waals surface area (Å²) >= 11 is 0. The van der Waals surface area contributed by atoms with Crippen LogP contribution in [0.15, 0.2) is 30.5 Å². The molecule has 1 aromatic carbocycles. The Morgan fingerprint density at radius 1 is 0.839 bits per heavy atom. The Hall–Kier alpha value is -3.29. The van der Waals surface area contributed by atoms with E-state index >= 15 is 0 Å². The molecule has 168 valence electrons. The zero-order valence-corrected chi connectivity index (χ0v) is 18.6. The minimum atomic E-state index is -0.251. The Labute approximate surface area is 183 Å². The lowest BCUT2D eigenvalue weighted by molar-refractivity contribution is 0.0951. The monoisotopic (exact) mass is 429 g/mol. The molecule has 0 saturated heterocycles. The van der Waals surface area contributed by atoms with E-state index in [1.165, 1.54) is 0 Å². The number of ether oxygens (including phenoxy) is 3. The number of aromatic nitrogens is 1. The fraction of sp³-hybridized carbons (Fsp3) is 0.435. The van der Waals surface area contributed by atoms with Gasteiger partial charge in [0.1, 0.15) is 0 Å². The summed E-state index contributed by atoms with van der Waals surface area (Å²) in [6, 6.07) is 6.83. The second kappa shape index (κ2) is 12.4. The molecule has 0 bridgehead atoms. The molecule has 31 heavy (non-hydrogen) atoms. The summed E-state index contributed by atoms with van der Waals surface area (Å²) in [4.78, 5) is 28.8. The molecule has 0 atom stereocenters.